The van der Waals surface area contributed by atoms with Crippen LogP contribution in [0.5, 0.6) is 0 Å². The van der Waals surface area contributed by atoms with Crippen LogP contribution in [0.2, 0.25) is 0 Å². The number of fused-ring (bicyclic) bond motifs is 1. The van der Waals surface area contributed by atoms with Crippen molar-refractivity contribution in [3.8, 4) is 11.3 Å². The summed E-state index contributed by atoms with van der Waals surface area (Å²) in [5, 5.41) is 8.02. The van der Waals surface area contributed by atoms with Crippen LogP contribution < -0.4 is 5.32 Å². The largest absolute Gasteiger partial charge is 0.364 e. The molecule has 124 valence electrons. The topological polar surface area (TPSA) is 55.6 Å². The summed E-state index contributed by atoms with van der Waals surface area (Å²) in [6.45, 7) is 2.62. The highest BCUT2D eigenvalue weighted by Crippen LogP contribution is 2.23. The van der Waals surface area contributed by atoms with Gasteiger partial charge < -0.3 is 5.32 Å². The van der Waals surface area contributed by atoms with E-state index in [2.05, 4.69) is 27.5 Å². The average molecular weight is 329 g/mol. The van der Waals surface area contributed by atoms with Gasteiger partial charge in [-0.05, 0) is 19.1 Å². The van der Waals surface area contributed by atoms with Gasteiger partial charge in [-0.25, -0.2) is 9.97 Å². The normalized spacial score (nSPS) is 11.0. The minimum absolute atomic E-state index is 0.645. The first kappa shape index (κ1) is 15.3. The van der Waals surface area contributed by atoms with Gasteiger partial charge in [0.1, 0.15) is 5.82 Å². The van der Waals surface area contributed by atoms with Crippen molar-refractivity contribution in [2.75, 3.05) is 5.32 Å². The highest BCUT2D eigenvalue weighted by Gasteiger charge is 2.11. The Labute approximate surface area is 146 Å². The number of benzene rings is 2. The Morgan fingerprint density at radius 2 is 1.60 bits per heavy atom. The van der Waals surface area contributed by atoms with Crippen LogP contribution in [0, 0.1) is 6.92 Å². The van der Waals surface area contributed by atoms with Crippen LogP contribution in [0.1, 0.15) is 11.3 Å². The van der Waals surface area contributed by atoms with Crippen molar-refractivity contribution >= 4 is 16.9 Å². The molecule has 0 amide bonds. The van der Waals surface area contributed by atoms with Gasteiger partial charge in [0.2, 0.25) is 0 Å². The molecule has 0 aliphatic rings. The zero-order chi connectivity index (χ0) is 17.2. The summed E-state index contributed by atoms with van der Waals surface area (Å²) in [6, 6.07) is 18.1. The molecule has 4 aromatic rings. The highest BCUT2D eigenvalue weighted by atomic mass is 15.3. The van der Waals surface area contributed by atoms with Gasteiger partial charge in [0.05, 0.1) is 22.4 Å². The maximum absolute atomic E-state index is 4.70. The van der Waals surface area contributed by atoms with Crippen molar-refractivity contribution in [3.05, 3.63) is 72.1 Å². The summed E-state index contributed by atoms with van der Waals surface area (Å²) in [5.41, 5.74) is 5.93. The lowest BCUT2D eigenvalue weighted by Gasteiger charge is -2.09. The number of nitrogens with one attached hydrogen (secondary N) is 1. The number of hydrogen-bond acceptors (Lipinski definition) is 4. The Morgan fingerprint density at radius 1 is 0.920 bits per heavy atom. The third-order valence-electron chi connectivity index (χ3n) is 4.14. The zero-order valence-electron chi connectivity index (χ0n) is 14.3. The molecule has 2 aromatic heterocycles. The van der Waals surface area contributed by atoms with Crippen LogP contribution >= 0.6 is 0 Å². The third-order valence-corrected chi connectivity index (χ3v) is 4.14. The Balaban J connectivity index is 1.63. The van der Waals surface area contributed by atoms with E-state index in [-0.39, 0.29) is 0 Å². The van der Waals surface area contributed by atoms with Crippen molar-refractivity contribution in [1.29, 1.82) is 0 Å². The first-order valence-electron chi connectivity index (χ1n) is 8.26. The van der Waals surface area contributed by atoms with Gasteiger partial charge in [0.15, 0.2) is 0 Å². The van der Waals surface area contributed by atoms with Crippen LogP contribution in [0.25, 0.3) is 22.3 Å². The van der Waals surface area contributed by atoms with Crippen molar-refractivity contribution in [3.63, 3.8) is 0 Å². The van der Waals surface area contributed by atoms with E-state index in [4.69, 9.17) is 4.98 Å². The van der Waals surface area contributed by atoms with E-state index in [1.54, 1.807) is 0 Å². The van der Waals surface area contributed by atoms with Crippen LogP contribution in [0.15, 0.2) is 60.8 Å². The van der Waals surface area contributed by atoms with E-state index in [1.165, 1.54) is 0 Å². The first-order valence-corrected chi connectivity index (χ1v) is 8.26. The highest BCUT2D eigenvalue weighted by molar-refractivity contribution is 5.76. The van der Waals surface area contributed by atoms with E-state index in [1.807, 2.05) is 67.3 Å². The molecule has 4 rings (SSSR count). The summed E-state index contributed by atoms with van der Waals surface area (Å²) < 4.78 is 1.85. The molecule has 5 nitrogen and oxygen atoms in total. The maximum atomic E-state index is 4.70. The van der Waals surface area contributed by atoms with E-state index in [0.717, 1.165) is 39.4 Å². The van der Waals surface area contributed by atoms with Crippen LogP contribution in [0.3, 0.4) is 0 Å². The molecule has 0 fully saturated rings. The molecule has 0 aliphatic carbocycles. The molecular formula is C20H19N5. The molecule has 25 heavy (non-hydrogen) atoms. The summed E-state index contributed by atoms with van der Waals surface area (Å²) >= 11 is 0. The molecule has 2 aromatic carbocycles. The molecule has 0 unspecified atom stereocenters. The molecule has 2 heterocycles. The molecule has 0 radical (unpaired) electrons. The second-order valence-corrected chi connectivity index (χ2v) is 6.04. The van der Waals surface area contributed by atoms with Gasteiger partial charge in [0.25, 0.3) is 0 Å². The Hall–Kier alpha value is -3.21. The van der Waals surface area contributed by atoms with Crippen molar-refractivity contribution in [2.24, 2.45) is 7.05 Å². The van der Waals surface area contributed by atoms with E-state index < -0.39 is 0 Å². The molecule has 1 N–H and O–H groups in total. The fraction of sp³-hybridized carbons (Fsp3) is 0.150. The van der Waals surface area contributed by atoms with Crippen LogP contribution in [-0.4, -0.2) is 19.7 Å². The number of nitrogens with zero attached hydrogens (tertiary/aromatic N) is 4. The maximum Gasteiger partial charge on any atom is 0.148 e. The minimum Gasteiger partial charge on any atom is -0.364 e. The Kier molecular flexibility index (Phi) is 3.90. The van der Waals surface area contributed by atoms with Gasteiger partial charge in [-0.2, -0.15) is 5.10 Å². The lowest BCUT2D eigenvalue weighted by molar-refractivity contribution is 0.770. The van der Waals surface area contributed by atoms with Gasteiger partial charge in [-0.1, -0.05) is 42.5 Å². The smallest absolute Gasteiger partial charge is 0.148 e. The molecule has 0 saturated carbocycles. The monoisotopic (exact) mass is 329 g/mol. The Morgan fingerprint density at radius 3 is 2.36 bits per heavy atom. The quantitative estimate of drug-likeness (QED) is 0.616. The van der Waals surface area contributed by atoms with Gasteiger partial charge in [-0.3, -0.25) is 4.68 Å². The summed E-state index contributed by atoms with van der Waals surface area (Å²) in [7, 11) is 1.94. The molecule has 0 atom stereocenters. The second-order valence-electron chi connectivity index (χ2n) is 6.04. The number of hydrogen-bond donors (Lipinski definition) is 1. The lowest BCUT2D eigenvalue weighted by atomic mass is 10.1. The lowest BCUT2D eigenvalue weighted by Crippen LogP contribution is -2.05. The number of rotatable bonds is 4. The average Bonchev–Trinajstić information content (AvgIpc) is 3.01. The van der Waals surface area contributed by atoms with E-state index in [9.17, 15) is 0 Å². The predicted octanol–water partition coefficient (Wildman–Crippen LogP) is 3.95. The Bertz CT molecular complexity index is 1020. The molecule has 0 saturated heterocycles. The van der Waals surface area contributed by atoms with Crippen molar-refractivity contribution in [2.45, 2.75) is 13.5 Å². The summed E-state index contributed by atoms with van der Waals surface area (Å²) in [5.74, 6) is 0.807. The van der Waals surface area contributed by atoms with Crippen molar-refractivity contribution in [1.82, 2.24) is 19.7 Å². The minimum atomic E-state index is 0.645. The second kappa shape index (κ2) is 6.36. The number of aromatic nitrogens is 4. The van der Waals surface area contributed by atoms with Gasteiger partial charge in [-0.15, -0.1) is 0 Å². The van der Waals surface area contributed by atoms with E-state index in [0.29, 0.717) is 6.54 Å². The molecule has 0 spiro atoms. The molecule has 0 aliphatic heterocycles. The van der Waals surface area contributed by atoms with Crippen LogP contribution in [-0.2, 0) is 13.6 Å². The SMILES string of the molecule is Cc1nc2ccccc2nc1NCc1cn(C)nc1-c1ccccc1. The summed E-state index contributed by atoms with van der Waals surface area (Å²) in [4.78, 5) is 9.33. The first-order chi connectivity index (χ1) is 12.2. The van der Waals surface area contributed by atoms with E-state index >= 15 is 0 Å². The standard InChI is InChI=1S/C20H19N5/c1-14-20(23-18-11-7-6-10-17(18)22-14)21-12-16-13-25(2)24-19(16)15-8-4-3-5-9-15/h3-11,13H,12H2,1-2H3,(H,21,23). The molecular weight excluding hydrogens is 310 g/mol. The third kappa shape index (κ3) is 3.08. The zero-order valence-corrected chi connectivity index (χ0v) is 14.3. The molecule has 5 heteroatoms. The van der Waals surface area contributed by atoms with Gasteiger partial charge in [0, 0.05) is 30.9 Å². The number of anilines is 1. The van der Waals surface area contributed by atoms with Gasteiger partial charge >= 0.3 is 0 Å². The van der Waals surface area contributed by atoms with Crippen LogP contribution in [0.4, 0.5) is 5.82 Å². The molecule has 0 bridgehead atoms. The fourth-order valence-corrected chi connectivity index (χ4v) is 2.94. The predicted molar refractivity (Wildman–Crippen MR) is 100 cm³/mol. The van der Waals surface area contributed by atoms with Crippen molar-refractivity contribution < 1.29 is 0 Å². The fourth-order valence-electron chi connectivity index (χ4n) is 2.94. The summed E-state index contributed by atoms with van der Waals surface area (Å²) in [6.07, 6.45) is 2.04. The number of aryl methyl sites for hydroxylation is 2. The number of para-hydroxylation sites is 2.